The summed E-state index contributed by atoms with van der Waals surface area (Å²) in [5, 5.41) is 9.03. The molecule has 13 heavy (non-hydrogen) atoms. The number of morpholine rings is 1. The summed E-state index contributed by atoms with van der Waals surface area (Å²) in [6.07, 6.45) is 1.83. The third kappa shape index (κ3) is 3.10. The minimum atomic E-state index is -0.158. The quantitative estimate of drug-likeness (QED) is 0.655. The maximum absolute atomic E-state index is 9.03. The predicted octanol–water partition coefficient (Wildman–Crippen LogP) is 0.644. The molecule has 0 saturated carbocycles. The summed E-state index contributed by atoms with van der Waals surface area (Å²) in [7, 11) is 0. The Hall–Kier alpha value is -0.380. The normalized spacial score (nSPS) is 28.7. The lowest BCUT2D eigenvalue weighted by atomic mass is 10.1. The summed E-state index contributed by atoms with van der Waals surface area (Å²) in [6, 6.07) is 0. The zero-order valence-corrected chi connectivity index (χ0v) is 8.49. The molecular weight excluding hydrogens is 166 g/mol. The van der Waals surface area contributed by atoms with Crippen molar-refractivity contribution >= 4 is 0 Å². The Balaban J connectivity index is 2.54. The van der Waals surface area contributed by atoms with Crippen LogP contribution in [0.4, 0.5) is 0 Å². The molecule has 3 heteroatoms. The van der Waals surface area contributed by atoms with Crippen LogP contribution in [-0.2, 0) is 4.74 Å². The van der Waals surface area contributed by atoms with Gasteiger partial charge in [0, 0.05) is 19.6 Å². The second-order valence-corrected chi connectivity index (χ2v) is 4.16. The van der Waals surface area contributed by atoms with E-state index < -0.39 is 0 Å². The maximum Gasteiger partial charge on any atom is 0.0940 e. The first-order valence-corrected chi connectivity index (χ1v) is 4.69. The summed E-state index contributed by atoms with van der Waals surface area (Å²) in [5.41, 5.74) is -0.158. The number of nitrogens with zero attached hydrogens (tertiary/aromatic N) is 1. The fourth-order valence-electron chi connectivity index (χ4n) is 1.83. The number of ether oxygens (including phenoxy) is 1. The van der Waals surface area contributed by atoms with Crippen molar-refractivity contribution < 1.29 is 9.84 Å². The van der Waals surface area contributed by atoms with Crippen LogP contribution in [0.5, 0.6) is 0 Å². The highest BCUT2D eigenvalue weighted by molar-refractivity contribution is 4.86. The van der Waals surface area contributed by atoms with Gasteiger partial charge in [-0.25, -0.2) is 0 Å². The van der Waals surface area contributed by atoms with Gasteiger partial charge in [-0.15, -0.1) is 6.58 Å². The molecule has 1 unspecified atom stereocenters. The van der Waals surface area contributed by atoms with Crippen LogP contribution in [0.1, 0.15) is 13.8 Å². The zero-order chi connectivity index (χ0) is 9.90. The van der Waals surface area contributed by atoms with Crippen LogP contribution in [0.2, 0.25) is 0 Å². The molecule has 0 aromatic rings. The van der Waals surface area contributed by atoms with Crippen molar-refractivity contribution in [3.8, 4) is 0 Å². The van der Waals surface area contributed by atoms with E-state index in [1.807, 2.05) is 19.9 Å². The first kappa shape index (κ1) is 10.7. The Labute approximate surface area is 80.0 Å². The monoisotopic (exact) mass is 185 g/mol. The molecule has 0 aromatic carbocycles. The van der Waals surface area contributed by atoms with Crippen LogP contribution in [0.25, 0.3) is 0 Å². The summed E-state index contributed by atoms with van der Waals surface area (Å²) < 4.78 is 5.67. The fourth-order valence-corrected chi connectivity index (χ4v) is 1.83. The summed E-state index contributed by atoms with van der Waals surface area (Å²) in [5.74, 6) is 0. The molecule has 1 aliphatic rings. The number of hydrogen-bond donors (Lipinski definition) is 1. The number of aliphatic hydroxyl groups is 1. The Morgan fingerprint density at radius 1 is 1.69 bits per heavy atom. The highest BCUT2D eigenvalue weighted by Gasteiger charge is 2.32. The van der Waals surface area contributed by atoms with E-state index in [-0.39, 0.29) is 18.3 Å². The summed E-state index contributed by atoms with van der Waals surface area (Å²) >= 11 is 0. The molecule has 0 spiro atoms. The van der Waals surface area contributed by atoms with Gasteiger partial charge < -0.3 is 9.84 Å². The van der Waals surface area contributed by atoms with Crippen molar-refractivity contribution in [3.63, 3.8) is 0 Å². The molecule has 1 rings (SSSR count). The van der Waals surface area contributed by atoms with Crippen molar-refractivity contribution in [2.45, 2.75) is 25.6 Å². The van der Waals surface area contributed by atoms with Crippen LogP contribution in [0.15, 0.2) is 12.7 Å². The summed E-state index contributed by atoms with van der Waals surface area (Å²) in [4.78, 5) is 2.25. The third-order valence-electron chi connectivity index (χ3n) is 2.14. The highest BCUT2D eigenvalue weighted by atomic mass is 16.5. The van der Waals surface area contributed by atoms with Gasteiger partial charge in [-0.3, -0.25) is 4.90 Å². The topological polar surface area (TPSA) is 32.7 Å². The molecule has 76 valence electrons. The van der Waals surface area contributed by atoms with E-state index >= 15 is 0 Å². The van der Waals surface area contributed by atoms with E-state index in [4.69, 9.17) is 9.84 Å². The van der Waals surface area contributed by atoms with Crippen molar-refractivity contribution in [2.75, 3.05) is 26.2 Å². The molecule has 1 aliphatic heterocycles. The Bertz CT molecular complexity index is 180. The van der Waals surface area contributed by atoms with Gasteiger partial charge in [0.1, 0.15) is 0 Å². The molecule has 1 heterocycles. The SMILES string of the molecule is C=CCN1CC(CO)OC(C)(C)C1. The molecule has 1 saturated heterocycles. The average Bonchev–Trinajstić information content (AvgIpc) is 2.02. The summed E-state index contributed by atoms with van der Waals surface area (Å²) in [6.45, 7) is 10.5. The first-order valence-electron chi connectivity index (χ1n) is 4.69. The molecule has 1 fully saturated rings. The molecule has 1 atom stereocenters. The fraction of sp³-hybridized carbons (Fsp3) is 0.800. The van der Waals surface area contributed by atoms with E-state index in [9.17, 15) is 0 Å². The van der Waals surface area contributed by atoms with Gasteiger partial charge in [0.2, 0.25) is 0 Å². The molecule has 1 N–H and O–H groups in total. The van der Waals surface area contributed by atoms with Crippen LogP contribution in [-0.4, -0.2) is 48.0 Å². The lowest BCUT2D eigenvalue weighted by Crippen LogP contribution is -2.53. The standard InChI is InChI=1S/C10H19NO2/c1-4-5-11-6-9(7-12)13-10(2,3)8-11/h4,9,12H,1,5-8H2,2-3H3. The Morgan fingerprint density at radius 3 is 2.92 bits per heavy atom. The molecule has 3 nitrogen and oxygen atoms in total. The van der Waals surface area contributed by atoms with Crippen LogP contribution in [0, 0.1) is 0 Å². The van der Waals surface area contributed by atoms with E-state index in [1.54, 1.807) is 0 Å². The third-order valence-corrected chi connectivity index (χ3v) is 2.14. The minimum Gasteiger partial charge on any atom is -0.394 e. The number of aliphatic hydroxyl groups excluding tert-OH is 1. The van der Waals surface area contributed by atoms with Gasteiger partial charge in [-0.1, -0.05) is 6.08 Å². The van der Waals surface area contributed by atoms with Gasteiger partial charge in [0.05, 0.1) is 18.3 Å². The van der Waals surface area contributed by atoms with E-state index in [0.717, 1.165) is 19.6 Å². The molecule has 0 aliphatic carbocycles. The maximum atomic E-state index is 9.03. The lowest BCUT2D eigenvalue weighted by Gasteiger charge is -2.41. The second-order valence-electron chi connectivity index (χ2n) is 4.16. The first-order chi connectivity index (χ1) is 6.07. The van der Waals surface area contributed by atoms with Crippen molar-refractivity contribution in [1.29, 1.82) is 0 Å². The van der Waals surface area contributed by atoms with E-state index in [2.05, 4.69) is 11.5 Å². The average molecular weight is 185 g/mol. The predicted molar refractivity (Wildman–Crippen MR) is 52.7 cm³/mol. The van der Waals surface area contributed by atoms with E-state index in [0.29, 0.717) is 0 Å². The van der Waals surface area contributed by atoms with Gasteiger partial charge >= 0.3 is 0 Å². The van der Waals surface area contributed by atoms with Crippen molar-refractivity contribution in [1.82, 2.24) is 4.90 Å². The number of rotatable bonds is 3. The molecule has 0 bridgehead atoms. The largest absolute Gasteiger partial charge is 0.394 e. The van der Waals surface area contributed by atoms with Crippen molar-refractivity contribution in [2.24, 2.45) is 0 Å². The Morgan fingerprint density at radius 2 is 2.38 bits per heavy atom. The number of hydrogen-bond acceptors (Lipinski definition) is 3. The van der Waals surface area contributed by atoms with Crippen LogP contribution in [0.3, 0.4) is 0 Å². The van der Waals surface area contributed by atoms with Gasteiger partial charge in [-0.2, -0.15) is 0 Å². The molecule has 0 radical (unpaired) electrons. The molecule has 0 aromatic heterocycles. The van der Waals surface area contributed by atoms with E-state index in [1.165, 1.54) is 0 Å². The Kier molecular flexibility index (Phi) is 3.47. The van der Waals surface area contributed by atoms with Gasteiger partial charge in [-0.05, 0) is 13.8 Å². The van der Waals surface area contributed by atoms with Gasteiger partial charge in [0.15, 0.2) is 0 Å². The minimum absolute atomic E-state index is 0.0521. The highest BCUT2D eigenvalue weighted by Crippen LogP contribution is 2.20. The lowest BCUT2D eigenvalue weighted by molar-refractivity contribution is -0.146. The van der Waals surface area contributed by atoms with Crippen molar-refractivity contribution in [3.05, 3.63) is 12.7 Å². The zero-order valence-electron chi connectivity index (χ0n) is 8.49. The van der Waals surface area contributed by atoms with Gasteiger partial charge in [0.25, 0.3) is 0 Å². The van der Waals surface area contributed by atoms with Crippen LogP contribution >= 0.6 is 0 Å². The smallest absolute Gasteiger partial charge is 0.0940 e. The molecular formula is C10H19NO2. The second kappa shape index (κ2) is 4.22. The van der Waals surface area contributed by atoms with Crippen LogP contribution < -0.4 is 0 Å². The molecule has 0 amide bonds.